The van der Waals surface area contributed by atoms with Crippen molar-refractivity contribution in [1.29, 1.82) is 0 Å². The van der Waals surface area contributed by atoms with Crippen LogP contribution in [0, 0.1) is 12.3 Å². The second-order valence-electron chi connectivity index (χ2n) is 7.76. The summed E-state index contributed by atoms with van der Waals surface area (Å²) in [5, 5.41) is 3.07. The van der Waals surface area contributed by atoms with Gasteiger partial charge in [0.05, 0.1) is 7.11 Å². The van der Waals surface area contributed by atoms with E-state index in [4.69, 9.17) is 9.72 Å². The zero-order valence-electron chi connectivity index (χ0n) is 16.0. The van der Waals surface area contributed by atoms with E-state index >= 15 is 0 Å². The number of aromatic nitrogens is 2. The van der Waals surface area contributed by atoms with E-state index in [1.165, 1.54) is 0 Å². The number of imidazole rings is 1. The third kappa shape index (κ3) is 3.87. The van der Waals surface area contributed by atoms with Crippen LogP contribution in [0.3, 0.4) is 0 Å². The van der Waals surface area contributed by atoms with Crippen LogP contribution in [0.4, 0.5) is 5.82 Å². The Morgan fingerprint density at radius 3 is 2.50 bits per heavy atom. The van der Waals surface area contributed by atoms with E-state index in [1.807, 2.05) is 53.9 Å². The molecule has 0 radical (unpaired) electrons. The Morgan fingerprint density at radius 1 is 1.19 bits per heavy atom. The first-order valence-electron chi connectivity index (χ1n) is 8.70. The zero-order valence-corrected chi connectivity index (χ0v) is 16.0. The molecule has 0 bridgehead atoms. The second kappa shape index (κ2) is 6.83. The SMILES string of the molecule is COc1ccc(-c2nc3cc(C)ccn3c2NC(=O)CC(C)(C)C)cc1. The van der Waals surface area contributed by atoms with Crippen molar-refractivity contribution in [3.8, 4) is 17.0 Å². The molecule has 0 atom stereocenters. The van der Waals surface area contributed by atoms with Crippen molar-refractivity contribution < 1.29 is 9.53 Å². The molecule has 0 saturated heterocycles. The Bertz CT molecular complexity index is 934. The average Bonchev–Trinajstić information content (AvgIpc) is 2.90. The number of rotatable bonds is 4. The summed E-state index contributed by atoms with van der Waals surface area (Å²) in [5.74, 6) is 1.46. The van der Waals surface area contributed by atoms with Crippen molar-refractivity contribution >= 4 is 17.4 Å². The van der Waals surface area contributed by atoms with Crippen LogP contribution >= 0.6 is 0 Å². The largest absolute Gasteiger partial charge is 0.497 e. The number of ether oxygens (including phenoxy) is 1. The molecule has 3 aromatic rings. The van der Waals surface area contributed by atoms with Gasteiger partial charge in [-0.15, -0.1) is 0 Å². The second-order valence-corrected chi connectivity index (χ2v) is 7.76. The van der Waals surface area contributed by atoms with E-state index in [2.05, 4.69) is 26.1 Å². The van der Waals surface area contributed by atoms with Crippen molar-refractivity contribution in [2.45, 2.75) is 34.1 Å². The van der Waals surface area contributed by atoms with Gasteiger partial charge in [-0.1, -0.05) is 20.8 Å². The van der Waals surface area contributed by atoms with Crippen LogP contribution in [-0.4, -0.2) is 22.4 Å². The number of anilines is 1. The smallest absolute Gasteiger partial charge is 0.226 e. The fourth-order valence-corrected chi connectivity index (χ4v) is 2.87. The van der Waals surface area contributed by atoms with Gasteiger partial charge in [0.2, 0.25) is 5.91 Å². The highest BCUT2D eigenvalue weighted by Gasteiger charge is 2.20. The van der Waals surface area contributed by atoms with Crippen molar-refractivity contribution in [2.24, 2.45) is 5.41 Å². The fraction of sp³-hybridized carbons (Fsp3) is 0.333. The van der Waals surface area contributed by atoms with Gasteiger partial charge in [-0.3, -0.25) is 9.20 Å². The van der Waals surface area contributed by atoms with E-state index in [-0.39, 0.29) is 11.3 Å². The third-order valence-corrected chi connectivity index (χ3v) is 4.09. The number of fused-ring (bicyclic) bond motifs is 1. The van der Waals surface area contributed by atoms with Gasteiger partial charge in [-0.25, -0.2) is 4.98 Å². The Balaban J connectivity index is 2.07. The lowest BCUT2D eigenvalue weighted by Crippen LogP contribution is -2.20. The highest BCUT2D eigenvalue weighted by Crippen LogP contribution is 2.31. The molecule has 2 heterocycles. The minimum absolute atomic E-state index is 0.0189. The van der Waals surface area contributed by atoms with Gasteiger partial charge >= 0.3 is 0 Å². The normalized spacial score (nSPS) is 11.6. The fourth-order valence-electron chi connectivity index (χ4n) is 2.87. The number of methoxy groups -OCH3 is 1. The summed E-state index contributed by atoms with van der Waals surface area (Å²) < 4.78 is 7.16. The summed E-state index contributed by atoms with van der Waals surface area (Å²) in [6.45, 7) is 8.18. The predicted octanol–water partition coefficient (Wildman–Crippen LogP) is 4.69. The van der Waals surface area contributed by atoms with Gasteiger partial charge in [0, 0.05) is 18.2 Å². The molecule has 5 nitrogen and oxygen atoms in total. The molecule has 1 N–H and O–H groups in total. The highest BCUT2D eigenvalue weighted by molar-refractivity contribution is 5.95. The first kappa shape index (κ1) is 18.0. The first-order chi connectivity index (χ1) is 12.3. The van der Waals surface area contributed by atoms with E-state index in [1.54, 1.807) is 7.11 Å². The van der Waals surface area contributed by atoms with Crippen LogP contribution in [0.15, 0.2) is 42.6 Å². The molecule has 0 unspecified atom stereocenters. The maximum Gasteiger partial charge on any atom is 0.226 e. The molecule has 1 aromatic carbocycles. The Morgan fingerprint density at radius 2 is 1.88 bits per heavy atom. The molecular formula is C21H25N3O2. The van der Waals surface area contributed by atoms with Crippen molar-refractivity contribution in [1.82, 2.24) is 9.38 Å². The summed E-state index contributed by atoms with van der Waals surface area (Å²) in [5.41, 5.74) is 3.53. The van der Waals surface area contributed by atoms with Crippen LogP contribution < -0.4 is 10.1 Å². The molecule has 136 valence electrons. The van der Waals surface area contributed by atoms with Crippen LogP contribution in [0.5, 0.6) is 5.75 Å². The molecule has 26 heavy (non-hydrogen) atoms. The minimum Gasteiger partial charge on any atom is -0.497 e. The van der Waals surface area contributed by atoms with E-state index in [9.17, 15) is 4.79 Å². The lowest BCUT2D eigenvalue weighted by molar-refractivity contribution is -0.117. The third-order valence-electron chi connectivity index (χ3n) is 4.09. The van der Waals surface area contributed by atoms with Gasteiger partial charge in [-0.2, -0.15) is 0 Å². The van der Waals surface area contributed by atoms with E-state index < -0.39 is 0 Å². The van der Waals surface area contributed by atoms with Crippen molar-refractivity contribution in [2.75, 3.05) is 12.4 Å². The summed E-state index contributed by atoms with van der Waals surface area (Å²) in [6, 6.07) is 11.7. The lowest BCUT2D eigenvalue weighted by atomic mass is 9.92. The molecule has 5 heteroatoms. The Labute approximate surface area is 154 Å². The summed E-state index contributed by atoms with van der Waals surface area (Å²) in [4.78, 5) is 17.3. The van der Waals surface area contributed by atoms with Crippen molar-refractivity contribution in [3.63, 3.8) is 0 Å². The van der Waals surface area contributed by atoms with Crippen LogP contribution in [0.2, 0.25) is 0 Å². The molecule has 3 rings (SSSR count). The first-order valence-corrected chi connectivity index (χ1v) is 8.70. The monoisotopic (exact) mass is 351 g/mol. The molecule has 0 spiro atoms. The van der Waals surface area contributed by atoms with Gasteiger partial charge in [0.1, 0.15) is 22.9 Å². The number of nitrogens with one attached hydrogen (secondary N) is 1. The maximum atomic E-state index is 12.5. The quantitative estimate of drug-likeness (QED) is 0.742. The molecule has 0 aliphatic heterocycles. The molecule has 0 fully saturated rings. The predicted molar refractivity (Wildman–Crippen MR) is 105 cm³/mol. The molecular weight excluding hydrogens is 326 g/mol. The van der Waals surface area contributed by atoms with Crippen molar-refractivity contribution in [3.05, 3.63) is 48.2 Å². The Hall–Kier alpha value is -2.82. The molecule has 0 aliphatic rings. The molecule has 1 amide bonds. The number of hydrogen-bond acceptors (Lipinski definition) is 3. The standard InChI is InChI=1S/C21H25N3O2/c1-14-10-11-24-17(12-14)22-19(15-6-8-16(26-5)9-7-15)20(24)23-18(25)13-21(2,3)4/h6-12H,13H2,1-5H3,(H,23,25). The summed E-state index contributed by atoms with van der Waals surface area (Å²) in [7, 11) is 1.64. The number of carbonyl (C=O) groups excluding carboxylic acids is 1. The number of amides is 1. The van der Waals surface area contributed by atoms with Gasteiger partial charge in [0.15, 0.2) is 0 Å². The number of carbonyl (C=O) groups is 1. The molecule has 0 saturated carbocycles. The van der Waals surface area contributed by atoms with Gasteiger partial charge in [0.25, 0.3) is 0 Å². The number of pyridine rings is 1. The highest BCUT2D eigenvalue weighted by atomic mass is 16.5. The van der Waals surface area contributed by atoms with Crippen LogP contribution in [-0.2, 0) is 4.79 Å². The van der Waals surface area contributed by atoms with Crippen LogP contribution in [0.25, 0.3) is 16.9 Å². The topological polar surface area (TPSA) is 55.6 Å². The molecule has 2 aromatic heterocycles. The molecule has 0 aliphatic carbocycles. The van der Waals surface area contributed by atoms with Gasteiger partial charge in [-0.05, 0) is 54.3 Å². The van der Waals surface area contributed by atoms with E-state index in [0.29, 0.717) is 12.2 Å². The summed E-state index contributed by atoms with van der Waals surface area (Å²) >= 11 is 0. The average molecular weight is 351 g/mol. The van der Waals surface area contributed by atoms with Gasteiger partial charge < -0.3 is 10.1 Å². The number of nitrogens with zero attached hydrogens (tertiary/aromatic N) is 2. The van der Waals surface area contributed by atoms with E-state index in [0.717, 1.165) is 28.2 Å². The zero-order chi connectivity index (χ0) is 18.9. The Kier molecular flexibility index (Phi) is 4.72. The minimum atomic E-state index is -0.0819. The maximum absolute atomic E-state index is 12.5. The summed E-state index contributed by atoms with van der Waals surface area (Å²) in [6.07, 6.45) is 2.38. The number of hydrogen-bond donors (Lipinski definition) is 1. The lowest BCUT2D eigenvalue weighted by Gasteiger charge is -2.17. The van der Waals surface area contributed by atoms with Crippen LogP contribution in [0.1, 0.15) is 32.8 Å². The number of benzene rings is 1. The number of aryl methyl sites for hydroxylation is 1.